The van der Waals surface area contributed by atoms with Crippen molar-refractivity contribution in [3.63, 3.8) is 0 Å². The molecule has 0 aliphatic rings. The SMILES string of the molecule is CC(=O)NCCNC(=O)CN(C)Cc1ccccc1Cl. The van der Waals surface area contributed by atoms with E-state index < -0.39 is 0 Å². The van der Waals surface area contributed by atoms with Crippen LogP contribution in [0.4, 0.5) is 0 Å². The molecule has 0 radical (unpaired) electrons. The topological polar surface area (TPSA) is 61.4 Å². The first-order valence-corrected chi connectivity index (χ1v) is 6.80. The van der Waals surface area contributed by atoms with Crippen molar-refractivity contribution in [2.24, 2.45) is 0 Å². The third kappa shape index (κ3) is 6.54. The minimum atomic E-state index is -0.102. The lowest BCUT2D eigenvalue weighted by Gasteiger charge is -2.17. The van der Waals surface area contributed by atoms with Crippen LogP contribution in [0.5, 0.6) is 0 Å². The highest BCUT2D eigenvalue weighted by molar-refractivity contribution is 6.31. The predicted molar refractivity (Wildman–Crippen MR) is 79.5 cm³/mol. The quantitative estimate of drug-likeness (QED) is 0.739. The van der Waals surface area contributed by atoms with Gasteiger partial charge in [-0.25, -0.2) is 0 Å². The molecule has 0 spiro atoms. The van der Waals surface area contributed by atoms with E-state index in [1.54, 1.807) is 0 Å². The van der Waals surface area contributed by atoms with Crippen LogP contribution in [0.2, 0.25) is 5.02 Å². The summed E-state index contributed by atoms with van der Waals surface area (Å²) in [5.74, 6) is -0.181. The van der Waals surface area contributed by atoms with E-state index in [-0.39, 0.29) is 18.4 Å². The molecular weight excluding hydrogens is 278 g/mol. The van der Waals surface area contributed by atoms with Gasteiger partial charge in [0.25, 0.3) is 0 Å². The highest BCUT2D eigenvalue weighted by atomic mass is 35.5. The molecule has 5 nitrogen and oxygen atoms in total. The lowest BCUT2D eigenvalue weighted by atomic mass is 10.2. The van der Waals surface area contributed by atoms with Crippen LogP contribution in [0, 0.1) is 0 Å². The molecule has 20 heavy (non-hydrogen) atoms. The van der Waals surface area contributed by atoms with E-state index >= 15 is 0 Å². The van der Waals surface area contributed by atoms with Gasteiger partial charge in [0, 0.05) is 31.6 Å². The number of rotatable bonds is 7. The molecule has 0 aromatic heterocycles. The first kappa shape index (κ1) is 16.5. The van der Waals surface area contributed by atoms with E-state index in [1.807, 2.05) is 36.2 Å². The van der Waals surface area contributed by atoms with Gasteiger partial charge in [0.05, 0.1) is 6.54 Å². The van der Waals surface area contributed by atoms with Gasteiger partial charge in [0.2, 0.25) is 11.8 Å². The van der Waals surface area contributed by atoms with Gasteiger partial charge in [-0.15, -0.1) is 0 Å². The van der Waals surface area contributed by atoms with Crippen LogP contribution >= 0.6 is 11.6 Å². The third-order valence-electron chi connectivity index (χ3n) is 2.63. The number of nitrogens with zero attached hydrogens (tertiary/aromatic N) is 1. The second-order valence-electron chi connectivity index (χ2n) is 4.60. The van der Waals surface area contributed by atoms with Crippen LogP contribution < -0.4 is 10.6 Å². The van der Waals surface area contributed by atoms with E-state index in [1.165, 1.54) is 6.92 Å². The molecule has 0 saturated heterocycles. The van der Waals surface area contributed by atoms with Gasteiger partial charge in [-0.05, 0) is 18.7 Å². The summed E-state index contributed by atoms with van der Waals surface area (Å²) in [6, 6.07) is 7.56. The van der Waals surface area contributed by atoms with Crippen molar-refractivity contribution in [2.45, 2.75) is 13.5 Å². The molecule has 0 saturated carbocycles. The Hall–Kier alpha value is -1.59. The summed E-state index contributed by atoms with van der Waals surface area (Å²) < 4.78 is 0. The van der Waals surface area contributed by atoms with E-state index in [0.29, 0.717) is 24.7 Å². The van der Waals surface area contributed by atoms with Crippen molar-refractivity contribution in [2.75, 3.05) is 26.7 Å². The molecule has 110 valence electrons. The standard InChI is InChI=1S/C14H20ClN3O2/c1-11(19)16-7-8-17-14(20)10-18(2)9-12-5-3-4-6-13(12)15/h3-6H,7-10H2,1-2H3,(H,16,19)(H,17,20). The fourth-order valence-corrected chi connectivity index (χ4v) is 1.91. The highest BCUT2D eigenvalue weighted by Crippen LogP contribution is 2.16. The Bertz CT molecular complexity index is 465. The van der Waals surface area contributed by atoms with Gasteiger partial charge in [0.1, 0.15) is 0 Å². The molecule has 0 bridgehead atoms. The first-order chi connectivity index (χ1) is 9.49. The Morgan fingerprint density at radius 2 is 1.85 bits per heavy atom. The zero-order valence-electron chi connectivity index (χ0n) is 11.8. The normalized spacial score (nSPS) is 10.4. The average Bonchev–Trinajstić information content (AvgIpc) is 2.37. The van der Waals surface area contributed by atoms with Crippen LogP contribution in [0.3, 0.4) is 0 Å². The van der Waals surface area contributed by atoms with Crippen molar-refractivity contribution >= 4 is 23.4 Å². The van der Waals surface area contributed by atoms with E-state index in [4.69, 9.17) is 11.6 Å². The molecule has 1 aromatic rings. The number of carbonyl (C=O) groups is 2. The molecule has 1 rings (SSSR count). The van der Waals surface area contributed by atoms with E-state index in [2.05, 4.69) is 10.6 Å². The first-order valence-electron chi connectivity index (χ1n) is 6.42. The van der Waals surface area contributed by atoms with Crippen molar-refractivity contribution in [1.29, 1.82) is 0 Å². The molecule has 6 heteroatoms. The van der Waals surface area contributed by atoms with Crippen LogP contribution in [-0.4, -0.2) is 43.4 Å². The summed E-state index contributed by atoms with van der Waals surface area (Å²) in [7, 11) is 1.86. The summed E-state index contributed by atoms with van der Waals surface area (Å²) in [5.41, 5.74) is 0.989. The molecule has 0 unspecified atom stereocenters. The van der Waals surface area contributed by atoms with Gasteiger partial charge in [-0.3, -0.25) is 14.5 Å². The molecule has 0 atom stereocenters. The minimum Gasteiger partial charge on any atom is -0.355 e. The van der Waals surface area contributed by atoms with Crippen LogP contribution in [0.15, 0.2) is 24.3 Å². The molecular formula is C14H20ClN3O2. The summed E-state index contributed by atoms with van der Waals surface area (Å²) in [6.07, 6.45) is 0. The summed E-state index contributed by atoms with van der Waals surface area (Å²) in [6.45, 7) is 3.21. The summed E-state index contributed by atoms with van der Waals surface area (Å²) >= 11 is 6.07. The lowest BCUT2D eigenvalue weighted by molar-refractivity contribution is -0.122. The number of carbonyl (C=O) groups excluding carboxylic acids is 2. The van der Waals surface area contributed by atoms with Crippen LogP contribution in [0.25, 0.3) is 0 Å². The Morgan fingerprint density at radius 1 is 1.20 bits per heavy atom. The van der Waals surface area contributed by atoms with Crippen LogP contribution in [-0.2, 0) is 16.1 Å². The molecule has 2 amide bonds. The maximum atomic E-state index is 11.7. The van der Waals surface area contributed by atoms with E-state index in [0.717, 1.165) is 5.56 Å². The number of nitrogens with one attached hydrogen (secondary N) is 2. The molecule has 0 heterocycles. The third-order valence-corrected chi connectivity index (χ3v) is 3.00. The van der Waals surface area contributed by atoms with Gasteiger partial charge < -0.3 is 10.6 Å². The summed E-state index contributed by atoms with van der Waals surface area (Å²) in [5, 5.41) is 6.06. The fraction of sp³-hybridized carbons (Fsp3) is 0.429. The average molecular weight is 298 g/mol. The van der Waals surface area contributed by atoms with Gasteiger partial charge >= 0.3 is 0 Å². The second kappa shape index (κ2) is 8.55. The number of benzene rings is 1. The largest absolute Gasteiger partial charge is 0.355 e. The van der Waals surface area contributed by atoms with E-state index in [9.17, 15) is 9.59 Å². The molecule has 0 aliphatic carbocycles. The smallest absolute Gasteiger partial charge is 0.234 e. The molecule has 2 N–H and O–H groups in total. The molecule has 0 fully saturated rings. The fourth-order valence-electron chi connectivity index (χ4n) is 1.71. The Labute approximate surface area is 124 Å². The Kier molecular flexibility index (Phi) is 7.04. The van der Waals surface area contributed by atoms with Gasteiger partial charge in [-0.2, -0.15) is 0 Å². The zero-order chi connectivity index (χ0) is 15.0. The van der Waals surface area contributed by atoms with Crippen LogP contribution in [0.1, 0.15) is 12.5 Å². The second-order valence-corrected chi connectivity index (χ2v) is 5.00. The number of amides is 2. The monoisotopic (exact) mass is 297 g/mol. The zero-order valence-corrected chi connectivity index (χ0v) is 12.5. The molecule has 1 aromatic carbocycles. The van der Waals surface area contributed by atoms with Crippen molar-refractivity contribution in [3.05, 3.63) is 34.9 Å². The maximum Gasteiger partial charge on any atom is 0.234 e. The highest BCUT2D eigenvalue weighted by Gasteiger charge is 2.08. The lowest BCUT2D eigenvalue weighted by Crippen LogP contribution is -2.39. The van der Waals surface area contributed by atoms with Gasteiger partial charge in [0.15, 0.2) is 0 Å². The van der Waals surface area contributed by atoms with Crippen molar-refractivity contribution in [3.8, 4) is 0 Å². The Morgan fingerprint density at radius 3 is 2.50 bits per heavy atom. The molecule has 0 aliphatic heterocycles. The predicted octanol–water partition coefficient (Wildman–Crippen LogP) is 1.02. The number of hydrogen-bond acceptors (Lipinski definition) is 3. The number of hydrogen-bond donors (Lipinski definition) is 2. The Balaban J connectivity index is 2.28. The van der Waals surface area contributed by atoms with Crippen molar-refractivity contribution < 1.29 is 9.59 Å². The number of likely N-dealkylation sites (N-methyl/N-ethyl adjacent to an activating group) is 1. The summed E-state index contributed by atoms with van der Waals surface area (Å²) in [4.78, 5) is 24.2. The minimum absolute atomic E-state index is 0.0788. The number of halogens is 1. The van der Waals surface area contributed by atoms with Crippen molar-refractivity contribution in [1.82, 2.24) is 15.5 Å². The van der Waals surface area contributed by atoms with Gasteiger partial charge in [-0.1, -0.05) is 29.8 Å². The maximum absolute atomic E-state index is 11.7.